The number of rotatable bonds is 16. The van der Waals surface area contributed by atoms with Gasteiger partial charge in [0.15, 0.2) is 0 Å². The molecule has 1 unspecified atom stereocenters. The smallest absolute Gasteiger partial charge is 0.460 e. The first kappa shape index (κ1) is 39.0. The maximum atomic E-state index is 13.7. The van der Waals surface area contributed by atoms with Gasteiger partial charge in [0.05, 0.1) is 17.9 Å². The lowest BCUT2D eigenvalue weighted by molar-refractivity contribution is -0.396. The van der Waals surface area contributed by atoms with E-state index >= 15 is 0 Å². The molecule has 1 aromatic rings. The van der Waals surface area contributed by atoms with Crippen molar-refractivity contribution in [3.63, 3.8) is 0 Å². The Balaban J connectivity index is 1.39. The topological polar surface area (TPSA) is 52.6 Å². The second-order valence-electron chi connectivity index (χ2n) is 13.2. The molecule has 2 aliphatic carbocycles. The van der Waals surface area contributed by atoms with E-state index in [1.807, 2.05) is 13.0 Å². The van der Waals surface area contributed by atoms with Gasteiger partial charge in [0.2, 0.25) is 0 Å². The maximum Gasteiger partial charge on any atom is 0.460 e. The Morgan fingerprint density at radius 3 is 2.11 bits per heavy atom. The number of alkyl halides is 9. The number of hydrogen-bond donors (Lipinski definition) is 0. The number of aryl methyl sites for hydroxylation is 1. The number of esters is 2. The third kappa shape index (κ3) is 10.0. The molecule has 0 amide bonds. The molecule has 2 atom stereocenters. The standard InChI is InChI=1S/C34H45F9O4/c1-3-4-5-6-9-22(2)46-30(45)27-16-15-26-21-28(18-17-25(26)20-27)47-29(44)24-13-11-23(12-14-24)10-7-8-19-31(35,36)32(37,38)33(39,40)34(41,42)43/h17-18,21-24,27H,3-16,19-20H2,1-2H3/t22-,23?,24?,27?/m0/s1. The molecule has 268 valence electrons. The molecule has 47 heavy (non-hydrogen) atoms. The average molecular weight is 689 g/mol. The van der Waals surface area contributed by atoms with Crippen molar-refractivity contribution in [2.75, 3.05) is 0 Å². The van der Waals surface area contributed by atoms with E-state index in [9.17, 15) is 49.1 Å². The van der Waals surface area contributed by atoms with Crippen LogP contribution in [0.25, 0.3) is 0 Å². The summed E-state index contributed by atoms with van der Waals surface area (Å²) in [6, 6.07) is 5.35. The lowest BCUT2D eigenvalue weighted by Crippen LogP contribution is -2.60. The lowest BCUT2D eigenvalue weighted by Gasteiger charge is -2.33. The minimum absolute atomic E-state index is 0.0303. The molecule has 0 spiro atoms. The van der Waals surface area contributed by atoms with E-state index in [4.69, 9.17) is 9.47 Å². The maximum absolute atomic E-state index is 13.7. The molecule has 0 heterocycles. The molecule has 2 aliphatic rings. The number of carbonyl (C=O) groups is 2. The highest BCUT2D eigenvalue weighted by Crippen LogP contribution is 2.54. The Kier molecular flexibility index (Phi) is 13.5. The Bertz CT molecular complexity index is 1180. The number of halogens is 9. The summed E-state index contributed by atoms with van der Waals surface area (Å²) < 4.78 is 129. The van der Waals surface area contributed by atoms with Crippen LogP contribution >= 0.6 is 0 Å². The molecule has 1 fully saturated rings. The average Bonchev–Trinajstić information content (AvgIpc) is 3.00. The van der Waals surface area contributed by atoms with Crippen LogP contribution in [0.15, 0.2) is 18.2 Å². The van der Waals surface area contributed by atoms with Gasteiger partial charge in [-0.05, 0) is 100 Å². The van der Waals surface area contributed by atoms with Gasteiger partial charge in [0.1, 0.15) is 5.75 Å². The number of fused-ring (bicyclic) bond motifs is 1. The highest BCUT2D eigenvalue weighted by molar-refractivity contribution is 5.75. The SMILES string of the molecule is CCCCCC[C@H](C)OC(=O)C1CCc2cc(OC(=O)C3CCC(CCCCC(F)(F)C(F)(F)C(F)(F)C(F)(F)F)CC3)ccc2C1. The van der Waals surface area contributed by atoms with Gasteiger partial charge in [0, 0.05) is 6.42 Å². The molecular formula is C34H45F9O4. The number of hydrogen-bond acceptors (Lipinski definition) is 4. The van der Waals surface area contributed by atoms with Gasteiger partial charge in [-0.15, -0.1) is 0 Å². The van der Waals surface area contributed by atoms with Crippen molar-refractivity contribution in [3.05, 3.63) is 29.3 Å². The van der Waals surface area contributed by atoms with Gasteiger partial charge in [-0.2, -0.15) is 39.5 Å². The van der Waals surface area contributed by atoms with E-state index in [2.05, 4.69) is 6.92 Å². The van der Waals surface area contributed by atoms with E-state index in [0.29, 0.717) is 50.7 Å². The van der Waals surface area contributed by atoms with Crippen LogP contribution in [0.3, 0.4) is 0 Å². The monoisotopic (exact) mass is 688 g/mol. The van der Waals surface area contributed by atoms with Crippen LogP contribution in [0.2, 0.25) is 0 Å². The van der Waals surface area contributed by atoms with E-state index < -0.39 is 48.7 Å². The lowest BCUT2D eigenvalue weighted by atomic mass is 9.79. The van der Waals surface area contributed by atoms with Crippen molar-refractivity contribution in [2.45, 2.75) is 147 Å². The molecule has 13 heteroatoms. The van der Waals surface area contributed by atoms with Gasteiger partial charge in [-0.3, -0.25) is 9.59 Å². The fourth-order valence-corrected chi connectivity index (χ4v) is 6.44. The van der Waals surface area contributed by atoms with Crippen LogP contribution in [-0.4, -0.2) is 42.0 Å². The zero-order valence-electron chi connectivity index (χ0n) is 26.9. The number of unbranched alkanes of at least 4 members (excludes halogenated alkanes) is 4. The second-order valence-corrected chi connectivity index (χ2v) is 13.2. The largest absolute Gasteiger partial charge is 0.462 e. The quantitative estimate of drug-likeness (QED) is 0.0751. The second kappa shape index (κ2) is 16.3. The van der Waals surface area contributed by atoms with E-state index in [1.54, 1.807) is 12.1 Å². The summed E-state index contributed by atoms with van der Waals surface area (Å²) >= 11 is 0. The Hall–Kier alpha value is -2.47. The molecular weight excluding hydrogens is 643 g/mol. The Labute approximate surface area is 270 Å². The summed E-state index contributed by atoms with van der Waals surface area (Å²) in [6.45, 7) is 4.07. The van der Waals surface area contributed by atoms with Crippen LogP contribution in [-0.2, 0) is 27.2 Å². The van der Waals surface area contributed by atoms with Crippen molar-refractivity contribution < 1.29 is 58.6 Å². The van der Waals surface area contributed by atoms with Crippen molar-refractivity contribution in [2.24, 2.45) is 17.8 Å². The Morgan fingerprint density at radius 2 is 1.47 bits per heavy atom. The molecule has 0 radical (unpaired) electrons. The van der Waals surface area contributed by atoms with Gasteiger partial charge < -0.3 is 9.47 Å². The number of carbonyl (C=O) groups excluding carboxylic acids is 2. The van der Waals surface area contributed by atoms with Gasteiger partial charge in [-0.25, -0.2) is 0 Å². The van der Waals surface area contributed by atoms with Crippen molar-refractivity contribution >= 4 is 11.9 Å². The van der Waals surface area contributed by atoms with Crippen LogP contribution in [0.1, 0.15) is 115 Å². The third-order valence-corrected chi connectivity index (χ3v) is 9.48. The molecule has 1 aromatic carbocycles. The van der Waals surface area contributed by atoms with Crippen LogP contribution in [0, 0.1) is 17.8 Å². The molecule has 0 saturated heterocycles. The molecule has 4 nitrogen and oxygen atoms in total. The first-order valence-corrected chi connectivity index (χ1v) is 16.6. The zero-order valence-corrected chi connectivity index (χ0v) is 26.9. The molecule has 3 rings (SSSR count). The summed E-state index contributed by atoms with van der Waals surface area (Å²) in [5.74, 6) is -19.8. The highest BCUT2D eigenvalue weighted by atomic mass is 19.4. The first-order chi connectivity index (χ1) is 21.9. The highest BCUT2D eigenvalue weighted by Gasteiger charge is 2.81. The predicted octanol–water partition coefficient (Wildman–Crippen LogP) is 10.4. The van der Waals surface area contributed by atoms with Crippen LogP contribution < -0.4 is 4.74 Å². The van der Waals surface area contributed by atoms with Crippen LogP contribution in [0.5, 0.6) is 5.75 Å². The summed E-state index contributed by atoms with van der Waals surface area (Å²) in [5, 5.41) is 0. The van der Waals surface area contributed by atoms with Gasteiger partial charge in [0.25, 0.3) is 0 Å². The minimum Gasteiger partial charge on any atom is -0.462 e. The number of ether oxygens (including phenoxy) is 2. The van der Waals surface area contributed by atoms with Crippen molar-refractivity contribution in [1.29, 1.82) is 0 Å². The number of benzene rings is 1. The molecule has 1 saturated carbocycles. The molecule has 0 bridgehead atoms. The normalized spacial score (nSPS) is 21.6. The van der Waals surface area contributed by atoms with Crippen LogP contribution in [0.4, 0.5) is 39.5 Å². The Morgan fingerprint density at radius 1 is 0.787 bits per heavy atom. The summed E-state index contributed by atoms with van der Waals surface area (Å²) in [5.41, 5.74) is 2.01. The van der Waals surface area contributed by atoms with E-state index in [-0.39, 0.29) is 36.8 Å². The predicted molar refractivity (Wildman–Crippen MR) is 157 cm³/mol. The minimum atomic E-state index is -6.86. The summed E-state index contributed by atoms with van der Waals surface area (Å²) in [4.78, 5) is 25.6. The molecule has 0 aliphatic heterocycles. The fourth-order valence-electron chi connectivity index (χ4n) is 6.44. The van der Waals surface area contributed by atoms with E-state index in [0.717, 1.165) is 36.8 Å². The van der Waals surface area contributed by atoms with Crippen molar-refractivity contribution in [1.82, 2.24) is 0 Å². The summed E-state index contributed by atoms with van der Waals surface area (Å²) in [7, 11) is 0. The van der Waals surface area contributed by atoms with E-state index in [1.165, 1.54) is 6.42 Å². The zero-order chi connectivity index (χ0) is 35.0. The van der Waals surface area contributed by atoms with Gasteiger partial charge >= 0.3 is 35.9 Å². The molecule has 0 N–H and O–H groups in total. The molecule has 0 aromatic heterocycles. The third-order valence-electron chi connectivity index (χ3n) is 9.48. The fraction of sp³-hybridized carbons (Fsp3) is 0.765. The van der Waals surface area contributed by atoms with Crippen molar-refractivity contribution in [3.8, 4) is 5.75 Å². The summed E-state index contributed by atoms with van der Waals surface area (Å²) in [6.07, 6.45) is -0.0886. The first-order valence-electron chi connectivity index (χ1n) is 16.6. The van der Waals surface area contributed by atoms with Gasteiger partial charge in [-0.1, -0.05) is 45.1 Å².